The van der Waals surface area contributed by atoms with Crippen LogP contribution in [0.5, 0.6) is 0 Å². The van der Waals surface area contributed by atoms with E-state index in [0.29, 0.717) is 6.04 Å². The van der Waals surface area contributed by atoms with Crippen molar-refractivity contribution in [2.75, 3.05) is 13.1 Å². The Morgan fingerprint density at radius 1 is 1.16 bits per heavy atom. The van der Waals surface area contributed by atoms with Gasteiger partial charge in [-0.1, -0.05) is 6.42 Å². The SMILES string of the molecule is O=C(CN[C@@H]1C[C@H]2C[C@H]1[C@@H]1CCC[C@H]21)NCC(F)F. The molecule has 3 fully saturated rings. The first kappa shape index (κ1) is 13.3. The monoisotopic (exact) mass is 272 g/mol. The average molecular weight is 272 g/mol. The van der Waals surface area contributed by atoms with Crippen LogP contribution in [0.15, 0.2) is 0 Å². The van der Waals surface area contributed by atoms with Crippen LogP contribution >= 0.6 is 0 Å². The Morgan fingerprint density at radius 3 is 2.74 bits per heavy atom. The van der Waals surface area contributed by atoms with E-state index in [-0.39, 0.29) is 12.5 Å². The fourth-order valence-electron chi connectivity index (χ4n) is 4.78. The van der Waals surface area contributed by atoms with Gasteiger partial charge in [0.2, 0.25) is 5.91 Å². The summed E-state index contributed by atoms with van der Waals surface area (Å²) in [7, 11) is 0. The zero-order chi connectivity index (χ0) is 13.4. The summed E-state index contributed by atoms with van der Waals surface area (Å²) < 4.78 is 23.9. The molecule has 5 atom stereocenters. The summed E-state index contributed by atoms with van der Waals surface area (Å²) in [6, 6.07) is 0.432. The predicted molar refractivity (Wildman–Crippen MR) is 67.8 cm³/mol. The minimum Gasteiger partial charge on any atom is -0.349 e. The van der Waals surface area contributed by atoms with Crippen molar-refractivity contribution < 1.29 is 13.6 Å². The molecule has 0 saturated heterocycles. The van der Waals surface area contributed by atoms with Crippen LogP contribution in [0.2, 0.25) is 0 Å². The maximum absolute atomic E-state index is 12.0. The molecule has 108 valence electrons. The molecule has 0 spiro atoms. The van der Waals surface area contributed by atoms with Gasteiger partial charge in [0.25, 0.3) is 6.43 Å². The molecule has 3 aliphatic carbocycles. The van der Waals surface area contributed by atoms with Crippen molar-refractivity contribution >= 4 is 5.91 Å². The maximum Gasteiger partial charge on any atom is 0.255 e. The van der Waals surface area contributed by atoms with Crippen molar-refractivity contribution in [3.05, 3.63) is 0 Å². The van der Waals surface area contributed by atoms with Crippen LogP contribution in [0.25, 0.3) is 0 Å². The molecule has 0 unspecified atom stereocenters. The lowest BCUT2D eigenvalue weighted by Gasteiger charge is -2.32. The van der Waals surface area contributed by atoms with Gasteiger partial charge < -0.3 is 10.6 Å². The molecule has 1 amide bonds. The highest BCUT2D eigenvalue weighted by Crippen LogP contribution is 2.58. The lowest BCUT2D eigenvalue weighted by molar-refractivity contribution is -0.121. The van der Waals surface area contributed by atoms with E-state index >= 15 is 0 Å². The Hall–Kier alpha value is -0.710. The summed E-state index contributed by atoms with van der Waals surface area (Å²) in [5.74, 6) is 3.06. The molecule has 0 aromatic rings. The third-order valence-electron chi connectivity index (χ3n) is 5.41. The molecule has 0 radical (unpaired) electrons. The third-order valence-corrected chi connectivity index (χ3v) is 5.41. The molecule has 2 bridgehead atoms. The van der Waals surface area contributed by atoms with E-state index in [0.717, 1.165) is 23.7 Å². The highest BCUT2D eigenvalue weighted by Gasteiger charge is 2.53. The first-order valence-corrected chi connectivity index (χ1v) is 7.43. The van der Waals surface area contributed by atoms with Crippen LogP contribution < -0.4 is 10.6 Å². The zero-order valence-corrected chi connectivity index (χ0v) is 11.1. The highest BCUT2D eigenvalue weighted by atomic mass is 19.3. The molecule has 3 rings (SSSR count). The van der Waals surface area contributed by atoms with Gasteiger partial charge in [0.1, 0.15) is 0 Å². The number of rotatable bonds is 5. The second kappa shape index (κ2) is 5.35. The van der Waals surface area contributed by atoms with Crippen molar-refractivity contribution in [2.45, 2.75) is 44.6 Å². The highest BCUT2D eigenvalue weighted by molar-refractivity contribution is 5.78. The number of fused-ring (bicyclic) bond motifs is 5. The largest absolute Gasteiger partial charge is 0.349 e. The van der Waals surface area contributed by atoms with Gasteiger partial charge in [0.05, 0.1) is 13.1 Å². The molecule has 3 nitrogen and oxygen atoms in total. The topological polar surface area (TPSA) is 41.1 Å². The number of hydrogen-bond acceptors (Lipinski definition) is 2. The summed E-state index contributed by atoms with van der Waals surface area (Å²) in [6.07, 6.45) is 4.13. The third kappa shape index (κ3) is 2.62. The van der Waals surface area contributed by atoms with Gasteiger partial charge in [-0.3, -0.25) is 4.79 Å². The lowest BCUT2D eigenvalue weighted by Crippen LogP contribution is -2.44. The molecular formula is C14H22F2N2O. The van der Waals surface area contributed by atoms with Crippen molar-refractivity contribution in [3.63, 3.8) is 0 Å². The number of amides is 1. The Balaban J connectivity index is 1.44. The molecule has 19 heavy (non-hydrogen) atoms. The maximum atomic E-state index is 12.0. The molecule has 5 heteroatoms. The number of nitrogens with one attached hydrogen (secondary N) is 2. The molecule has 0 heterocycles. The number of alkyl halides is 2. The lowest BCUT2D eigenvalue weighted by atomic mass is 9.79. The predicted octanol–water partition coefficient (Wildman–Crippen LogP) is 1.78. The molecule has 3 saturated carbocycles. The molecule has 0 aromatic heterocycles. The first-order valence-electron chi connectivity index (χ1n) is 7.43. The summed E-state index contributed by atoms with van der Waals surface area (Å²) >= 11 is 0. The van der Waals surface area contributed by atoms with Gasteiger partial charge in [0, 0.05) is 6.04 Å². The smallest absolute Gasteiger partial charge is 0.255 e. The van der Waals surface area contributed by atoms with Crippen LogP contribution in [0.1, 0.15) is 32.1 Å². The minimum absolute atomic E-state index is 0.179. The summed E-state index contributed by atoms with van der Waals surface area (Å²) in [6.45, 7) is -0.361. The number of halogens is 2. The minimum atomic E-state index is -2.47. The first-order chi connectivity index (χ1) is 9.15. The fraction of sp³-hybridized carbons (Fsp3) is 0.929. The molecular weight excluding hydrogens is 250 g/mol. The van der Waals surface area contributed by atoms with Crippen LogP contribution in [0.4, 0.5) is 8.78 Å². The number of carbonyl (C=O) groups excluding carboxylic acids is 1. The number of hydrogen-bond donors (Lipinski definition) is 2. The summed E-state index contributed by atoms with van der Waals surface area (Å²) in [5.41, 5.74) is 0. The Kier molecular flexibility index (Phi) is 3.74. The Bertz CT molecular complexity index is 350. The zero-order valence-electron chi connectivity index (χ0n) is 11.1. The Morgan fingerprint density at radius 2 is 1.95 bits per heavy atom. The van der Waals surface area contributed by atoms with E-state index < -0.39 is 13.0 Å². The van der Waals surface area contributed by atoms with E-state index in [9.17, 15) is 13.6 Å². The van der Waals surface area contributed by atoms with E-state index in [1.807, 2.05) is 0 Å². The standard InChI is InChI=1S/C14H22F2N2O/c15-13(16)6-18-14(19)7-17-12-5-8-4-11(12)10-3-1-2-9(8)10/h8-13,17H,1-7H2,(H,18,19)/t8-,9-,10-,11+,12-/m1/s1. The van der Waals surface area contributed by atoms with Crippen molar-refractivity contribution in [2.24, 2.45) is 23.7 Å². The average Bonchev–Trinajstić information content (AvgIpc) is 3.04. The van der Waals surface area contributed by atoms with Crippen molar-refractivity contribution in [1.82, 2.24) is 10.6 Å². The van der Waals surface area contributed by atoms with Crippen molar-refractivity contribution in [1.29, 1.82) is 0 Å². The Labute approximate surface area is 112 Å². The van der Waals surface area contributed by atoms with Crippen LogP contribution in [0, 0.1) is 23.7 Å². The van der Waals surface area contributed by atoms with Crippen molar-refractivity contribution in [3.8, 4) is 0 Å². The normalized spacial score (nSPS) is 39.8. The van der Waals surface area contributed by atoms with Crippen LogP contribution in [-0.2, 0) is 4.79 Å². The van der Waals surface area contributed by atoms with E-state index in [1.165, 1.54) is 32.1 Å². The van der Waals surface area contributed by atoms with Gasteiger partial charge in [-0.05, 0) is 49.4 Å². The van der Waals surface area contributed by atoms with E-state index in [4.69, 9.17) is 0 Å². The molecule has 0 aliphatic heterocycles. The van der Waals surface area contributed by atoms with E-state index in [1.54, 1.807) is 0 Å². The molecule has 2 N–H and O–H groups in total. The molecule has 3 aliphatic rings. The molecule has 0 aromatic carbocycles. The van der Waals surface area contributed by atoms with Gasteiger partial charge in [0.15, 0.2) is 0 Å². The van der Waals surface area contributed by atoms with Gasteiger partial charge in [-0.2, -0.15) is 0 Å². The summed E-state index contributed by atoms with van der Waals surface area (Å²) in [4.78, 5) is 11.4. The van der Waals surface area contributed by atoms with Gasteiger partial charge in [-0.25, -0.2) is 8.78 Å². The summed E-state index contributed by atoms with van der Waals surface area (Å²) in [5, 5.41) is 5.54. The second-order valence-electron chi connectivity index (χ2n) is 6.34. The second-order valence-corrected chi connectivity index (χ2v) is 6.34. The fourth-order valence-corrected chi connectivity index (χ4v) is 4.78. The van der Waals surface area contributed by atoms with Gasteiger partial charge >= 0.3 is 0 Å². The quantitative estimate of drug-likeness (QED) is 0.801. The number of carbonyl (C=O) groups is 1. The van der Waals surface area contributed by atoms with E-state index in [2.05, 4.69) is 10.6 Å². The van der Waals surface area contributed by atoms with Gasteiger partial charge in [-0.15, -0.1) is 0 Å². The van der Waals surface area contributed by atoms with Crippen LogP contribution in [0.3, 0.4) is 0 Å². The van der Waals surface area contributed by atoms with Crippen LogP contribution in [-0.4, -0.2) is 31.5 Å².